The smallest absolute Gasteiger partial charge is 0.0290 e. The van der Waals surface area contributed by atoms with Gasteiger partial charge in [-0.3, -0.25) is 4.21 Å². The van der Waals surface area contributed by atoms with E-state index in [1.165, 1.54) is 5.57 Å². The Hall–Kier alpha value is -0.280. The highest BCUT2D eigenvalue weighted by Crippen LogP contribution is 2.11. The summed E-state index contributed by atoms with van der Waals surface area (Å²) in [6, 6.07) is 0. The molecule has 64 valence electrons. The Labute approximate surface area is 69.0 Å². The summed E-state index contributed by atoms with van der Waals surface area (Å²) in [5.74, 6) is 3.64. The maximum absolute atomic E-state index is 11.4. The van der Waals surface area contributed by atoms with Crippen molar-refractivity contribution < 1.29 is 4.21 Å². The summed E-state index contributed by atoms with van der Waals surface area (Å²) in [5.41, 5.74) is 1.39. The van der Waals surface area contributed by atoms with E-state index in [0.29, 0.717) is 0 Å². The molecule has 11 heavy (non-hydrogen) atoms. The lowest BCUT2D eigenvalue weighted by molar-refractivity contribution is 0.470. The molecule has 1 unspecified atom stereocenters. The molecule has 3 heteroatoms. The van der Waals surface area contributed by atoms with Gasteiger partial charge >= 0.3 is 0 Å². The Kier molecular flexibility index (Phi) is 2.40. The Morgan fingerprint density at radius 2 is 2.36 bits per heavy atom. The Morgan fingerprint density at radius 3 is 2.73 bits per heavy atom. The van der Waals surface area contributed by atoms with E-state index in [1.54, 1.807) is 6.26 Å². The zero-order chi connectivity index (χ0) is 8.48. The van der Waals surface area contributed by atoms with Gasteiger partial charge in [-0.1, -0.05) is 11.6 Å². The van der Waals surface area contributed by atoms with E-state index in [2.05, 4.69) is 18.9 Å². The normalized spacial score (nSPS) is 25.8. The average molecular weight is 173 g/mol. The van der Waals surface area contributed by atoms with Crippen LogP contribution in [0, 0.1) is 0 Å². The van der Waals surface area contributed by atoms with Crippen molar-refractivity contribution in [3.8, 4) is 0 Å². The zero-order valence-electron chi connectivity index (χ0n) is 7.17. The van der Waals surface area contributed by atoms with Crippen molar-refractivity contribution >= 4 is 15.6 Å². The van der Waals surface area contributed by atoms with Crippen molar-refractivity contribution in [1.29, 1.82) is 0 Å². The molecule has 2 nitrogen and oxygen atoms in total. The van der Waals surface area contributed by atoms with Crippen LogP contribution in [-0.4, -0.2) is 33.7 Å². The summed E-state index contributed by atoms with van der Waals surface area (Å²) in [5, 5.41) is 0. The third kappa shape index (κ3) is 2.34. The number of hydrogen-bond donors (Lipinski definition) is 0. The molecule has 0 radical (unpaired) electrons. The van der Waals surface area contributed by atoms with Crippen LogP contribution in [0.15, 0.2) is 11.6 Å². The van der Waals surface area contributed by atoms with E-state index < -0.39 is 9.71 Å². The quantitative estimate of drug-likeness (QED) is 0.426. The van der Waals surface area contributed by atoms with E-state index >= 15 is 0 Å². The maximum atomic E-state index is 11.4. The van der Waals surface area contributed by atoms with Crippen molar-refractivity contribution in [2.24, 2.45) is 0 Å². The summed E-state index contributed by atoms with van der Waals surface area (Å²) >= 11 is 0. The van der Waals surface area contributed by atoms with Crippen molar-refractivity contribution in [2.45, 2.75) is 13.3 Å². The van der Waals surface area contributed by atoms with Crippen LogP contribution in [0.4, 0.5) is 0 Å². The standard InChI is InChI=1S/C8H15NOS/c1-8-4-6-9(7-5-8)11(2,3)10/h4H,2,5-7H2,1,3H3. The Morgan fingerprint density at radius 1 is 1.73 bits per heavy atom. The van der Waals surface area contributed by atoms with Crippen LogP contribution in [0.25, 0.3) is 0 Å². The zero-order valence-corrected chi connectivity index (χ0v) is 7.99. The molecule has 0 fully saturated rings. The van der Waals surface area contributed by atoms with Crippen molar-refractivity contribution in [3.05, 3.63) is 11.6 Å². The molecule has 1 aliphatic heterocycles. The second-order valence-corrected chi connectivity index (χ2v) is 5.58. The highest BCUT2D eigenvalue weighted by atomic mass is 32.2. The minimum Gasteiger partial charge on any atom is -0.253 e. The molecule has 0 N–H and O–H groups in total. The molecule has 1 aliphatic rings. The average Bonchev–Trinajstić information content (AvgIpc) is 1.86. The third-order valence-corrected chi connectivity index (χ3v) is 3.37. The van der Waals surface area contributed by atoms with E-state index in [-0.39, 0.29) is 0 Å². The first kappa shape index (κ1) is 8.81. The van der Waals surface area contributed by atoms with Gasteiger partial charge in [-0.25, -0.2) is 4.31 Å². The summed E-state index contributed by atoms with van der Waals surface area (Å²) < 4.78 is 13.4. The van der Waals surface area contributed by atoms with Crippen molar-refractivity contribution in [1.82, 2.24) is 4.31 Å². The molecule has 0 aromatic rings. The monoisotopic (exact) mass is 173 g/mol. The predicted octanol–water partition coefficient (Wildman–Crippen LogP) is 0.900. The first-order chi connectivity index (χ1) is 5.00. The summed E-state index contributed by atoms with van der Waals surface area (Å²) in [7, 11) is -1.96. The minimum absolute atomic E-state index is 0.796. The summed E-state index contributed by atoms with van der Waals surface area (Å²) in [4.78, 5) is 0. The fourth-order valence-corrected chi connectivity index (χ4v) is 1.97. The number of hydrogen-bond acceptors (Lipinski definition) is 1. The van der Waals surface area contributed by atoms with Crippen LogP contribution in [0.2, 0.25) is 0 Å². The fraction of sp³-hybridized carbons (Fsp3) is 0.625. The van der Waals surface area contributed by atoms with Gasteiger partial charge in [-0.15, -0.1) is 0 Å². The Bertz CT molecular complexity index is 264. The van der Waals surface area contributed by atoms with Gasteiger partial charge in [0.15, 0.2) is 0 Å². The highest BCUT2D eigenvalue weighted by Gasteiger charge is 2.13. The second kappa shape index (κ2) is 2.99. The van der Waals surface area contributed by atoms with Gasteiger partial charge in [-0.2, -0.15) is 0 Å². The largest absolute Gasteiger partial charge is 0.253 e. The van der Waals surface area contributed by atoms with Gasteiger partial charge in [0.1, 0.15) is 0 Å². The molecule has 0 aromatic carbocycles. The molecule has 0 amide bonds. The molecule has 1 rings (SSSR count). The summed E-state index contributed by atoms with van der Waals surface area (Å²) in [6.45, 7) is 3.80. The maximum Gasteiger partial charge on any atom is 0.0290 e. The van der Waals surface area contributed by atoms with Gasteiger partial charge in [0.25, 0.3) is 0 Å². The first-order valence-electron chi connectivity index (χ1n) is 3.73. The van der Waals surface area contributed by atoms with E-state index in [1.807, 2.05) is 4.31 Å². The van der Waals surface area contributed by atoms with Crippen LogP contribution >= 0.6 is 0 Å². The molecular formula is C8H15NOS. The van der Waals surface area contributed by atoms with Gasteiger partial charge in [0.2, 0.25) is 0 Å². The van der Waals surface area contributed by atoms with Crippen LogP contribution in [-0.2, 0) is 9.71 Å². The third-order valence-electron chi connectivity index (χ3n) is 1.95. The van der Waals surface area contributed by atoms with Gasteiger partial charge in [-0.05, 0) is 19.2 Å². The number of rotatable bonds is 1. The SMILES string of the molecule is C=S(C)(=O)N1CC=C(C)CC1. The molecule has 0 saturated carbocycles. The molecule has 0 aliphatic carbocycles. The fourth-order valence-electron chi connectivity index (χ4n) is 1.10. The van der Waals surface area contributed by atoms with E-state index in [4.69, 9.17) is 0 Å². The molecule has 0 spiro atoms. The van der Waals surface area contributed by atoms with Gasteiger partial charge < -0.3 is 0 Å². The van der Waals surface area contributed by atoms with Crippen LogP contribution < -0.4 is 0 Å². The van der Waals surface area contributed by atoms with Crippen LogP contribution in [0.5, 0.6) is 0 Å². The van der Waals surface area contributed by atoms with Gasteiger partial charge in [0.05, 0.1) is 0 Å². The van der Waals surface area contributed by atoms with Crippen molar-refractivity contribution in [2.75, 3.05) is 19.3 Å². The molecular weight excluding hydrogens is 158 g/mol. The van der Waals surface area contributed by atoms with E-state index in [9.17, 15) is 4.21 Å². The predicted molar refractivity (Wildman–Crippen MR) is 51.1 cm³/mol. The molecule has 0 aromatic heterocycles. The second-order valence-electron chi connectivity index (χ2n) is 3.15. The Balaban J connectivity index is 2.69. The lowest BCUT2D eigenvalue weighted by atomic mass is 10.1. The first-order valence-corrected chi connectivity index (χ1v) is 5.82. The molecule has 0 saturated heterocycles. The lowest BCUT2D eigenvalue weighted by Crippen LogP contribution is -2.33. The molecule has 1 heterocycles. The topological polar surface area (TPSA) is 20.3 Å². The van der Waals surface area contributed by atoms with E-state index in [0.717, 1.165) is 19.5 Å². The van der Waals surface area contributed by atoms with Crippen LogP contribution in [0.3, 0.4) is 0 Å². The van der Waals surface area contributed by atoms with Crippen LogP contribution in [0.1, 0.15) is 13.3 Å². The van der Waals surface area contributed by atoms with Gasteiger partial charge in [0, 0.05) is 29.1 Å². The molecule has 1 atom stereocenters. The van der Waals surface area contributed by atoms with Crippen molar-refractivity contribution in [3.63, 3.8) is 0 Å². The molecule has 0 bridgehead atoms. The lowest BCUT2D eigenvalue weighted by Gasteiger charge is -2.25. The summed E-state index contributed by atoms with van der Waals surface area (Å²) in [6.07, 6.45) is 4.85. The number of nitrogens with zero attached hydrogens (tertiary/aromatic N) is 1. The minimum atomic E-state index is -1.96. The highest BCUT2D eigenvalue weighted by molar-refractivity contribution is 7.97.